The SMILES string of the molecule is Cc1c(/C=N/NC(=O)c2cc3ccccc3o2)c2ccccc2n1Cc1ccc(Cl)cc1Cl. The van der Waals surface area contributed by atoms with Crippen LogP contribution in [0.3, 0.4) is 0 Å². The highest BCUT2D eigenvalue weighted by atomic mass is 35.5. The minimum absolute atomic E-state index is 0.213. The number of benzene rings is 3. The maximum atomic E-state index is 12.5. The summed E-state index contributed by atoms with van der Waals surface area (Å²) in [7, 11) is 0. The van der Waals surface area contributed by atoms with E-state index in [9.17, 15) is 4.79 Å². The zero-order chi connectivity index (χ0) is 22.9. The normalized spacial score (nSPS) is 11.6. The van der Waals surface area contributed by atoms with Gasteiger partial charge in [-0.05, 0) is 42.8 Å². The standard InChI is InChI=1S/C26H19Cl2N3O2/c1-16-21(14-29-30-26(32)25-12-17-6-2-5-9-24(17)33-25)20-7-3-4-8-23(20)31(16)15-18-10-11-19(27)13-22(18)28/h2-14H,15H2,1H3,(H,30,32)/b29-14+. The fourth-order valence-corrected chi connectivity index (χ4v) is 4.42. The van der Waals surface area contributed by atoms with Crippen LogP contribution in [0.5, 0.6) is 0 Å². The number of hydrazone groups is 1. The van der Waals surface area contributed by atoms with Gasteiger partial charge in [0.2, 0.25) is 0 Å². The van der Waals surface area contributed by atoms with Crippen molar-refractivity contribution in [3.8, 4) is 0 Å². The molecule has 0 radical (unpaired) electrons. The van der Waals surface area contributed by atoms with Crippen molar-refractivity contribution in [2.75, 3.05) is 0 Å². The fourth-order valence-electron chi connectivity index (χ4n) is 3.95. The number of hydrogen-bond donors (Lipinski definition) is 1. The Labute approximate surface area is 200 Å². The number of nitrogens with zero attached hydrogens (tertiary/aromatic N) is 2. The maximum Gasteiger partial charge on any atom is 0.307 e. The van der Waals surface area contributed by atoms with Gasteiger partial charge in [-0.1, -0.05) is 65.7 Å². The van der Waals surface area contributed by atoms with E-state index in [-0.39, 0.29) is 5.76 Å². The molecule has 33 heavy (non-hydrogen) atoms. The second kappa shape index (κ2) is 8.77. The minimum atomic E-state index is -0.406. The van der Waals surface area contributed by atoms with Crippen LogP contribution in [-0.4, -0.2) is 16.7 Å². The molecule has 0 atom stereocenters. The van der Waals surface area contributed by atoms with Gasteiger partial charge in [0.1, 0.15) is 5.58 Å². The molecule has 5 rings (SSSR count). The molecule has 0 bridgehead atoms. The number of carbonyl (C=O) groups excluding carboxylic acids is 1. The number of furan rings is 1. The third kappa shape index (κ3) is 4.13. The summed E-state index contributed by atoms with van der Waals surface area (Å²) in [5, 5.41) is 7.32. The highest BCUT2D eigenvalue weighted by molar-refractivity contribution is 6.35. The molecule has 1 amide bonds. The van der Waals surface area contributed by atoms with Crippen molar-refractivity contribution in [1.29, 1.82) is 0 Å². The van der Waals surface area contributed by atoms with Crippen LogP contribution in [0.15, 0.2) is 82.3 Å². The molecule has 0 fully saturated rings. The van der Waals surface area contributed by atoms with Gasteiger partial charge in [-0.15, -0.1) is 0 Å². The van der Waals surface area contributed by atoms with Crippen LogP contribution in [0.2, 0.25) is 10.0 Å². The molecule has 5 aromatic rings. The fraction of sp³-hybridized carbons (Fsp3) is 0.0769. The van der Waals surface area contributed by atoms with E-state index in [1.54, 1.807) is 18.3 Å². The maximum absolute atomic E-state index is 12.5. The van der Waals surface area contributed by atoms with Crippen LogP contribution in [0.1, 0.15) is 27.4 Å². The van der Waals surface area contributed by atoms with Crippen LogP contribution in [0.4, 0.5) is 0 Å². The summed E-state index contributed by atoms with van der Waals surface area (Å²) in [6.07, 6.45) is 1.66. The van der Waals surface area contributed by atoms with Crippen molar-refractivity contribution in [2.45, 2.75) is 13.5 Å². The Morgan fingerprint density at radius 1 is 1.06 bits per heavy atom. The third-order valence-corrected chi connectivity index (χ3v) is 6.22. The molecule has 0 unspecified atom stereocenters. The minimum Gasteiger partial charge on any atom is -0.451 e. The van der Waals surface area contributed by atoms with Crippen molar-refractivity contribution in [2.24, 2.45) is 5.10 Å². The molecule has 2 aromatic heterocycles. The molecule has 0 spiro atoms. The zero-order valence-corrected chi connectivity index (χ0v) is 19.2. The van der Waals surface area contributed by atoms with Crippen LogP contribution >= 0.6 is 23.2 Å². The zero-order valence-electron chi connectivity index (χ0n) is 17.7. The summed E-state index contributed by atoms with van der Waals surface area (Å²) in [4.78, 5) is 12.5. The Bertz CT molecular complexity index is 1500. The summed E-state index contributed by atoms with van der Waals surface area (Å²) in [6.45, 7) is 2.60. The molecule has 0 aliphatic rings. The predicted octanol–water partition coefficient (Wildman–Crippen LogP) is 6.81. The molecule has 0 saturated heterocycles. The van der Waals surface area contributed by atoms with Gasteiger partial charge >= 0.3 is 5.91 Å². The van der Waals surface area contributed by atoms with Gasteiger partial charge in [0.25, 0.3) is 0 Å². The molecule has 2 heterocycles. The molecule has 1 N–H and O–H groups in total. The molecule has 5 nitrogen and oxygen atoms in total. The topological polar surface area (TPSA) is 59.5 Å². The van der Waals surface area contributed by atoms with E-state index in [1.807, 2.05) is 61.5 Å². The number of fused-ring (bicyclic) bond motifs is 2. The first kappa shape index (κ1) is 21.3. The second-order valence-corrected chi connectivity index (χ2v) is 8.53. The molecule has 0 saturated carbocycles. The average molecular weight is 476 g/mol. The number of halogens is 2. The Balaban J connectivity index is 1.43. The molecular formula is C26H19Cl2N3O2. The van der Waals surface area contributed by atoms with Gasteiger partial charge in [0.05, 0.1) is 6.21 Å². The summed E-state index contributed by atoms with van der Waals surface area (Å²) in [5.41, 5.74) is 7.16. The van der Waals surface area contributed by atoms with Crippen molar-refractivity contribution < 1.29 is 9.21 Å². The summed E-state index contributed by atoms with van der Waals surface area (Å²) in [5.74, 6) is -0.193. The number of nitrogens with one attached hydrogen (secondary N) is 1. The molecule has 164 valence electrons. The monoisotopic (exact) mass is 475 g/mol. The highest BCUT2D eigenvalue weighted by Gasteiger charge is 2.15. The summed E-state index contributed by atoms with van der Waals surface area (Å²) < 4.78 is 7.78. The second-order valence-electron chi connectivity index (χ2n) is 7.69. The first-order valence-corrected chi connectivity index (χ1v) is 11.1. The molecule has 0 aliphatic heterocycles. The summed E-state index contributed by atoms with van der Waals surface area (Å²) >= 11 is 12.5. The van der Waals surface area contributed by atoms with Gasteiger partial charge < -0.3 is 8.98 Å². The molecule has 7 heteroatoms. The van der Waals surface area contributed by atoms with E-state index < -0.39 is 5.91 Å². The lowest BCUT2D eigenvalue weighted by Gasteiger charge is -2.10. The number of para-hydroxylation sites is 2. The number of hydrogen-bond acceptors (Lipinski definition) is 3. The van der Waals surface area contributed by atoms with Gasteiger partial charge in [-0.3, -0.25) is 4.79 Å². The van der Waals surface area contributed by atoms with Gasteiger partial charge in [0.15, 0.2) is 5.76 Å². The summed E-state index contributed by atoms with van der Waals surface area (Å²) in [6, 6.07) is 22.7. The lowest BCUT2D eigenvalue weighted by molar-refractivity contribution is 0.0929. The number of aromatic nitrogens is 1. The number of amides is 1. The van der Waals surface area contributed by atoms with E-state index >= 15 is 0 Å². The Morgan fingerprint density at radius 3 is 2.67 bits per heavy atom. The highest BCUT2D eigenvalue weighted by Crippen LogP contribution is 2.28. The molecule has 3 aromatic carbocycles. The first-order chi connectivity index (χ1) is 16.0. The van der Waals surface area contributed by atoms with Crippen molar-refractivity contribution >= 4 is 57.2 Å². The number of carbonyl (C=O) groups is 1. The van der Waals surface area contributed by atoms with E-state index in [2.05, 4.69) is 21.2 Å². The predicted molar refractivity (Wildman–Crippen MR) is 134 cm³/mol. The largest absolute Gasteiger partial charge is 0.451 e. The van der Waals surface area contributed by atoms with E-state index in [1.165, 1.54) is 0 Å². The Kier molecular flexibility index (Phi) is 5.67. The van der Waals surface area contributed by atoms with Crippen LogP contribution in [0.25, 0.3) is 21.9 Å². The lowest BCUT2D eigenvalue weighted by atomic mass is 10.1. The smallest absolute Gasteiger partial charge is 0.307 e. The lowest BCUT2D eigenvalue weighted by Crippen LogP contribution is -2.16. The van der Waals surface area contributed by atoms with Crippen LogP contribution < -0.4 is 5.43 Å². The van der Waals surface area contributed by atoms with Crippen molar-refractivity contribution in [3.05, 3.63) is 105 Å². The Hall–Kier alpha value is -3.54. The third-order valence-electron chi connectivity index (χ3n) is 5.63. The van der Waals surface area contributed by atoms with Crippen molar-refractivity contribution in [3.63, 3.8) is 0 Å². The van der Waals surface area contributed by atoms with Crippen LogP contribution in [0, 0.1) is 6.92 Å². The number of rotatable bonds is 5. The first-order valence-electron chi connectivity index (χ1n) is 10.3. The molecular weight excluding hydrogens is 457 g/mol. The van der Waals surface area contributed by atoms with Gasteiger partial charge in [-0.2, -0.15) is 5.10 Å². The quantitative estimate of drug-likeness (QED) is 0.224. The van der Waals surface area contributed by atoms with Crippen LogP contribution in [-0.2, 0) is 6.54 Å². The average Bonchev–Trinajstić information content (AvgIpc) is 3.36. The van der Waals surface area contributed by atoms with Gasteiger partial charge in [-0.25, -0.2) is 5.43 Å². The van der Waals surface area contributed by atoms with E-state index in [4.69, 9.17) is 27.6 Å². The van der Waals surface area contributed by atoms with Gasteiger partial charge in [0, 0.05) is 44.1 Å². The Morgan fingerprint density at radius 2 is 1.85 bits per heavy atom. The van der Waals surface area contributed by atoms with Crippen molar-refractivity contribution in [1.82, 2.24) is 9.99 Å². The van der Waals surface area contributed by atoms with E-state index in [0.717, 1.165) is 33.1 Å². The molecule has 0 aliphatic carbocycles. The van der Waals surface area contributed by atoms with E-state index in [0.29, 0.717) is 22.2 Å².